The zero-order valence-corrected chi connectivity index (χ0v) is 11.7. The summed E-state index contributed by atoms with van der Waals surface area (Å²) >= 11 is 0. The van der Waals surface area contributed by atoms with Gasteiger partial charge in [-0.3, -0.25) is 4.79 Å². The first kappa shape index (κ1) is 16.3. The molecule has 0 radical (unpaired) electrons. The lowest BCUT2D eigenvalue weighted by Gasteiger charge is -2.26. The van der Waals surface area contributed by atoms with E-state index in [0.29, 0.717) is 6.42 Å². The maximum absolute atomic E-state index is 13.2. The van der Waals surface area contributed by atoms with E-state index in [4.69, 9.17) is 5.11 Å². The van der Waals surface area contributed by atoms with Crippen LogP contribution < -0.4 is 0 Å². The summed E-state index contributed by atoms with van der Waals surface area (Å²) in [6, 6.07) is 6.19. The van der Waals surface area contributed by atoms with E-state index in [1.54, 1.807) is 6.07 Å². The van der Waals surface area contributed by atoms with Crippen LogP contribution in [0.3, 0.4) is 0 Å². The highest BCUT2D eigenvalue weighted by Crippen LogP contribution is 2.38. The average molecular weight is 315 g/mol. The predicted molar refractivity (Wildman–Crippen MR) is 72.2 cm³/mol. The van der Waals surface area contributed by atoms with Gasteiger partial charge in [-0.1, -0.05) is 30.3 Å². The first-order valence-corrected chi connectivity index (χ1v) is 6.94. The molecule has 1 saturated heterocycles. The second kappa shape index (κ2) is 6.37. The fourth-order valence-corrected chi connectivity index (χ4v) is 2.72. The Morgan fingerprint density at radius 3 is 2.45 bits per heavy atom. The molecule has 120 valence electrons. The Balaban J connectivity index is 2.17. The molecule has 0 unspecified atom stereocenters. The number of carboxylic acid groups (broad SMARTS) is 1. The van der Waals surface area contributed by atoms with Crippen LogP contribution in [0.25, 0.3) is 0 Å². The Morgan fingerprint density at radius 1 is 1.27 bits per heavy atom. The van der Waals surface area contributed by atoms with E-state index < -0.39 is 36.4 Å². The van der Waals surface area contributed by atoms with Gasteiger partial charge in [0.2, 0.25) is 5.91 Å². The van der Waals surface area contributed by atoms with Crippen molar-refractivity contribution in [3.05, 3.63) is 35.9 Å². The molecule has 0 spiro atoms. The van der Waals surface area contributed by atoms with Gasteiger partial charge in [-0.15, -0.1) is 0 Å². The molecule has 1 aliphatic rings. The number of aliphatic carboxylic acids is 1. The van der Waals surface area contributed by atoms with E-state index in [0.717, 1.165) is 4.90 Å². The van der Waals surface area contributed by atoms with Gasteiger partial charge < -0.3 is 10.0 Å². The van der Waals surface area contributed by atoms with Crippen LogP contribution in [0, 0.1) is 0 Å². The van der Waals surface area contributed by atoms with E-state index >= 15 is 0 Å². The lowest BCUT2D eigenvalue weighted by molar-refractivity contribution is -0.162. The summed E-state index contributed by atoms with van der Waals surface area (Å²) < 4.78 is 39.7. The van der Waals surface area contributed by atoms with Gasteiger partial charge in [0.15, 0.2) is 0 Å². The van der Waals surface area contributed by atoms with E-state index in [1.807, 2.05) is 0 Å². The number of hydrogen-bond donors (Lipinski definition) is 1. The summed E-state index contributed by atoms with van der Waals surface area (Å²) in [7, 11) is 0. The highest BCUT2D eigenvalue weighted by molar-refractivity contribution is 5.84. The Bertz CT molecular complexity index is 545. The molecule has 0 bridgehead atoms. The fourth-order valence-electron chi connectivity index (χ4n) is 2.72. The van der Waals surface area contributed by atoms with Crippen molar-refractivity contribution < 1.29 is 27.9 Å². The SMILES string of the molecule is O=C(O)[C@H]1CCCN1C(=O)C[C@@H](c1ccccc1)C(F)(F)F. The van der Waals surface area contributed by atoms with Gasteiger partial charge >= 0.3 is 12.1 Å². The van der Waals surface area contributed by atoms with Crippen LogP contribution in [-0.2, 0) is 9.59 Å². The molecule has 1 fully saturated rings. The third-order valence-electron chi connectivity index (χ3n) is 3.83. The number of benzene rings is 1. The molecule has 1 heterocycles. The van der Waals surface area contributed by atoms with Crippen molar-refractivity contribution in [2.45, 2.75) is 37.4 Å². The number of amides is 1. The second-order valence-corrected chi connectivity index (χ2v) is 5.29. The van der Waals surface area contributed by atoms with Crippen molar-refractivity contribution in [3.8, 4) is 0 Å². The summed E-state index contributed by atoms with van der Waals surface area (Å²) in [6.07, 6.45) is -4.55. The van der Waals surface area contributed by atoms with Gasteiger partial charge in [0.1, 0.15) is 6.04 Å². The quantitative estimate of drug-likeness (QED) is 0.929. The van der Waals surface area contributed by atoms with Gasteiger partial charge in [-0.2, -0.15) is 13.2 Å². The lowest BCUT2D eigenvalue weighted by Crippen LogP contribution is -2.41. The molecule has 22 heavy (non-hydrogen) atoms. The van der Waals surface area contributed by atoms with Crippen LogP contribution in [0.1, 0.15) is 30.7 Å². The van der Waals surface area contributed by atoms with Crippen molar-refractivity contribution in [2.24, 2.45) is 0 Å². The molecular weight excluding hydrogens is 299 g/mol. The zero-order chi connectivity index (χ0) is 16.3. The molecule has 0 saturated carbocycles. The van der Waals surface area contributed by atoms with Crippen LogP contribution in [0.4, 0.5) is 13.2 Å². The van der Waals surface area contributed by atoms with Crippen LogP contribution in [0.2, 0.25) is 0 Å². The normalized spacial score (nSPS) is 20.0. The zero-order valence-electron chi connectivity index (χ0n) is 11.7. The summed E-state index contributed by atoms with van der Waals surface area (Å²) in [4.78, 5) is 24.3. The van der Waals surface area contributed by atoms with Gasteiger partial charge in [0.05, 0.1) is 5.92 Å². The minimum Gasteiger partial charge on any atom is -0.480 e. The Kier molecular flexibility index (Phi) is 4.73. The molecular formula is C15H16F3NO3. The number of halogens is 3. The van der Waals surface area contributed by atoms with Crippen molar-refractivity contribution in [1.29, 1.82) is 0 Å². The molecule has 1 amide bonds. The van der Waals surface area contributed by atoms with E-state index in [2.05, 4.69) is 0 Å². The van der Waals surface area contributed by atoms with Crippen molar-refractivity contribution in [1.82, 2.24) is 4.90 Å². The lowest BCUT2D eigenvalue weighted by atomic mass is 9.94. The number of carbonyl (C=O) groups excluding carboxylic acids is 1. The maximum atomic E-state index is 13.2. The van der Waals surface area contributed by atoms with Crippen LogP contribution in [0.5, 0.6) is 0 Å². The number of alkyl halides is 3. The van der Waals surface area contributed by atoms with Crippen LogP contribution >= 0.6 is 0 Å². The minimum atomic E-state index is -4.56. The molecule has 0 aromatic heterocycles. The molecule has 4 nitrogen and oxygen atoms in total. The topological polar surface area (TPSA) is 57.6 Å². The van der Waals surface area contributed by atoms with E-state index in [-0.39, 0.29) is 18.5 Å². The van der Waals surface area contributed by atoms with Gasteiger partial charge in [0.25, 0.3) is 0 Å². The molecule has 2 rings (SSSR count). The molecule has 2 atom stereocenters. The van der Waals surface area contributed by atoms with Crippen molar-refractivity contribution in [2.75, 3.05) is 6.54 Å². The summed E-state index contributed by atoms with van der Waals surface area (Å²) in [5.74, 6) is -3.86. The number of hydrogen-bond acceptors (Lipinski definition) is 2. The number of likely N-dealkylation sites (tertiary alicyclic amines) is 1. The smallest absolute Gasteiger partial charge is 0.396 e. The second-order valence-electron chi connectivity index (χ2n) is 5.29. The van der Waals surface area contributed by atoms with Crippen LogP contribution in [-0.4, -0.2) is 40.6 Å². The highest BCUT2D eigenvalue weighted by Gasteiger charge is 2.44. The molecule has 0 aliphatic carbocycles. The molecule has 1 aliphatic heterocycles. The Hall–Kier alpha value is -2.05. The predicted octanol–water partition coefficient (Wildman–Crippen LogP) is 2.80. The molecule has 1 N–H and O–H groups in total. The van der Waals surface area contributed by atoms with Gasteiger partial charge in [0, 0.05) is 13.0 Å². The van der Waals surface area contributed by atoms with Crippen molar-refractivity contribution >= 4 is 11.9 Å². The summed E-state index contributed by atoms with van der Waals surface area (Å²) in [6.45, 7) is 0.190. The van der Waals surface area contributed by atoms with Crippen molar-refractivity contribution in [3.63, 3.8) is 0 Å². The third kappa shape index (κ3) is 3.58. The molecule has 1 aromatic rings. The number of nitrogens with zero attached hydrogens (tertiary/aromatic N) is 1. The Morgan fingerprint density at radius 2 is 1.91 bits per heavy atom. The standard InChI is InChI=1S/C15H16F3NO3/c16-15(17,18)11(10-5-2-1-3-6-10)9-13(20)19-8-4-7-12(19)14(21)22/h1-3,5-6,11-12H,4,7-9H2,(H,21,22)/t11-,12+/m0/s1. The minimum absolute atomic E-state index is 0.00872. The number of carbonyl (C=O) groups is 2. The van der Waals surface area contributed by atoms with E-state index in [1.165, 1.54) is 24.3 Å². The number of rotatable bonds is 4. The van der Waals surface area contributed by atoms with Crippen LogP contribution in [0.15, 0.2) is 30.3 Å². The summed E-state index contributed by atoms with van der Waals surface area (Å²) in [5, 5.41) is 9.03. The van der Waals surface area contributed by atoms with Gasteiger partial charge in [-0.05, 0) is 18.4 Å². The fraction of sp³-hybridized carbons (Fsp3) is 0.467. The molecule has 7 heteroatoms. The van der Waals surface area contributed by atoms with Gasteiger partial charge in [-0.25, -0.2) is 4.79 Å². The van der Waals surface area contributed by atoms with E-state index in [9.17, 15) is 22.8 Å². The maximum Gasteiger partial charge on any atom is 0.396 e. The first-order chi connectivity index (χ1) is 10.3. The highest BCUT2D eigenvalue weighted by atomic mass is 19.4. The number of carboxylic acids is 1. The first-order valence-electron chi connectivity index (χ1n) is 6.94. The summed E-state index contributed by atoms with van der Waals surface area (Å²) in [5.41, 5.74) is 0.00872. The monoisotopic (exact) mass is 315 g/mol. The average Bonchev–Trinajstić information content (AvgIpc) is 2.94. The third-order valence-corrected chi connectivity index (χ3v) is 3.83. The molecule has 1 aromatic carbocycles. The Labute approximate surface area is 125 Å². The largest absolute Gasteiger partial charge is 0.480 e.